The molecule has 0 N–H and O–H groups in total. The van der Waals surface area contributed by atoms with Gasteiger partial charge in [0.25, 0.3) is 0 Å². The Morgan fingerprint density at radius 3 is 2.60 bits per heavy atom. The highest BCUT2D eigenvalue weighted by Gasteiger charge is 1.86. The van der Waals surface area contributed by atoms with Crippen LogP contribution in [0.25, 0.3) is 0 Å². The van der Waals surface area contributed by atoms with Crippen molar-refractivity contribution in [3.63, 3.8) is 0 Å². The zero-order valence-corrected chi connectivity index (χ0v) is 7.40. The van der Waals surface area contributed by atoms with Crippen LogP contribution in [0.15, 0.2) is 12.2 Å². The van der Waals surface area contributed by atoms with Gasteiger partial charge in [-0.05, 0) is 20.3 Å². The van der Waals surface area contributed by atoms with E-state index in [0.717, 1.165) is 6.42 Å². The molecule has 0 radical (unpaired) electrons. The molecule has 10 heavy (non-hydrogen) atoms. The van der Waals surface area contributed by atoms with Crippen LogP contribution in [0.4, 0.5) is 0 Å². The fourth-order valence-electron chi connectivity index (χ4n) is 0.497. The molecule has 0 aromatic carbocycles. The number of allylic oxidation sites excluding steroid dienone is 1. The zero-order chi connectivity index (χ0) is 7.82. The van der Waals surface area contributed by atoms with Crippen LogP contribution in [-0.4, -0.2) is 18.6 Å². The molecule has 0 aliphatic heterocycles. The first kappa shape index (κ1) is 9.99. The molecule has 0 heterocycles. The Balaban J connectivity index is 3.02. The summed E-state index contributed by atoms with van der Waals surface area (Å²) in [6.45, 7) is 4.75. The summed E-state index contributed by atoms with van der Waals surface area (Å²) in [7, 11) is 0. The van der Waals surface area contributed by atoms with Gasteiger partial charge in [-0.3, -0.25) is 0 Å². The van der Waals surface area contributed by atoms with Crippen molar-refractivity contribution < 1.29 is 4.74 Å². The molecule has 0 bridgehead atoms. The highest BCUT2D eigenvalue weighted by molar-refractivity contribution is 6.17. The van der Waals surface area contributed by atoms with E-state index in [0.29, 0.717) is 18.6 Å². The molecule has 60 valence electrons. The van der Waals surface area contributed by atoms with Gasteiger partial charge in [-0.1, -0.05) is 12.2 Å². The summed E-state index contributed by atoms with van der Waals surface area (Å²) in [6, 6.07) is 0. The first-order valence-corrected chi connectivity index (χ1v) is 4.13. The maximum absolute atomic E-state index is 5.45. The fourth-order valence-corrected chi connectivity index (χ4v) is 0.623. The van der Waals surface area contributed by atoms with Crippen molar-refractivity contribution in [1.82, 2.24) is 0 Å². The molecule has 0 fully saturated rings. The Morgan fingerprint density at radius 1 is 1.40 bits per heavy atom. The first-order valence-electron chi connectivity index (χ1n) is 3.60. The SMILES string of the molecule is CC(C)OC/C=C/CCCl. The van der Waals surface area contributed by atoms with Crippen LogP contribution in [0.1, 0.15) is 20.3 Å². The van der Waals surface area contributed by atoms with E-state index in [9.17, 15) is 0 Å². The Labute approximate surface area is 68.0 Å². The minimum Gasteiger partial charge on any atom is -0.375 e. The van der Waals surface area contributed by atoms with E-state index in [-0.39, 0.29) is 0 Å². The minimum atomic E-state index is 0.320. The Morgan fingerprint density at radius 2 is 2.10 bits per heavy atom. The lowest BCUT2D eigenvalue weighted by Gasteiger charge is -2.02. The van der Waals surface area contributed by atoms with Crippen molar-refractivity contribution in [2.24, 2.45) is 0 Å². The third kappa shape index (κ3) is 7.99. The highest BCUT2D eigenvalue weighted by Crippen LogP contribution is 1.90. The van der Waals surface area contributed by atoms with Gasteiger partial charge in [-0.2, -0.15) is 0 Å². The largest absolute Gasteiger partial charge is 0.375 e. The first-order chi connectivity index (χ1) is 4.77. The summed E-state index contributed by atoms with van der Waals surface area (Å²) < 4.78 is 5.26. The van der Waals surface area contributed by atoms with Crippen molar-refractivity contribution in [1.29, 1.82) is 0 Å². The van der Waals surface area contributed by atoms with Crippen LogP contribution in [-0.2, 0) is 4.74 Å². The quantitative estimate of drug-likeness (QED) is 0.446. The Kier molecular flexibility index (Phi) is 7.09. The molecule has 0 aromatic rings. The lowest BCUT2D eigenvalue weighted by molar-refractivity contribution is 0.102. The van der Waals surface area contributed by atoms with Crippen molar-refractivity contribution in [3.05, 3.63) is 12.2 Å². The van der Waals surface area contributed by atoms with Crippen molar-refractivity contribution in [3.8, 4) is 0 Å². The van der Waals surface area contributed by atoms with E-state index in [1.54, 1.807) is 0 Å². The van der Waals surface area contributed by atoms with Crippen LogP contribution in [0.5, 0.6) is 0 Å². The van der Waals surface area contributed by atoms with Gasteiger partial charge in [0.05, 0.1) is 12.7 Å². The van der Waals surface area contributed by atoms with E-state index < -0.39 is 0 Å². The summed E-state index contributed by atoms with van der Waals surface area (Å²) in [4.78, 5) is 0. The number of ether oxygens (including phenoxy) is 1. The summed E-state index contributed by atoms with van der Waals surface area (Å²) in [6.07, 6.45) is 5.29. The van der Waals surface area contributed by atoms with Gasteiger partial charge < -0.3 is 4.74 Å². The third-order valence-electron chi connectivity index (χ3n) is 0.968. The van der Waals surface area contributed by atoms with Gasteiger partial charge in [0.2, 0.25) is 0 Å². The van der Waals surface area contributed by atoms with Gasteiger partial charge in [0, 0.05) is 5.88 Å². The fraction of sp³-hybridized carbons (Fsp3) is 0.750. The molecule has 0 aliphatic rings. The molecular formula is C8H15ClO. The molecule has 0 aliphatic carbocycles. The number of hydrogen-bond acceptors (Lipinski definition) is 1. The zero-order valence-electron chi connectivity index (χ0n) is 6.64. The summed E-state index contributed by atoms with van der Waals surface area (Å²) in [5.74, 6) is 0.693. The van der Waals surface area contributed by atoms with E-state index in [1.165, 1.54) is 0 Å². The van der Waals surface area contributed by atoms with Gasteiger partial charge in [0.15, 0.2) is 0 Å². The molecule has 2 heteroatoms. The monoisotopic (exact) mass is 162 g/mol. The van der Waals surface area contributed by atoms with Gasteiger partial charge in [0.1, 0.15) is 0 Å². The predicted molar refractivity (Wildman–Crippen MR) is 45.6 cm³/mol. The van der Waals surface area contributed by atoms with Crippen LogP contribution in [0.2, 0.25) is 0 Å². The van der Waals surface area contributed by atoms with Crippen LogP contribution < -0.4 is 0 Å². The number of halogens is 1. The molecule has 0 spiro atoms. The average molecular weight is 163 g/mol. The number of rotatable bonds is 5. The molecule has 0 unspecified atom stereocenters. The topological polar surface area (TPSA) is 9.23 Å². The standard InChI is InChI=1S/C8H15ClO/c1-8(2)10-7-5-3-4-6-9/h3,5,8H,4,6-7H2,1-2H3/b5-3+. The number of hydrogen-bond donors (Lipinski definition) is 0. The molecule has 0 atom stereocenters. The molecule has 0 aromatic heterocycles. The normalized spacial score (nSPS) is 11.6. The maximum Gasteiger partial charge on any atom is 0.0650 e. The van der Waals surface area contributed by atoms with Gasteiger partial charge in [-0.15, -0.1) is 11.6 Å². The molecular weight excluding hydrogens is 148 g/mol. The van der Waals surface area contributed by atoms with Gasteiger partial charge >= 0.3 is 0 Å². The minimum absolute atomic E-state index is 0.320. The molecule has 0 saturated carbocycles. The summed E-state index contributed by atoms with van der Waals surface area (Å²) >= 11 is 5.45. The highest BCUT2D eigenvalue weighted by atomic mass is 35.5. The van der Waals surface area contributed by atoms with E-state index in [1.807, 2.05) is 26.0 Å². The molecule has 1 nitrogen and oxygen atoms in total. The lowest BCUT2D eigenvalue weighted by atomic mass is 10.4. The Hall–Kier alpha value is -0.0100. The average Bonchev–Trinajstić information content (AvgIpc) is 1.87. The van der Waals surface area contributed by atoms with Crippen molar-refractivity contribution in [2.75, 3.05) is 12.5 Å². The molecule has 0 rings (SSSR count). The van der Waals surface area contributed by atoms with Crippen LogP contribution >= 0.6 is 11.6 Å². The second-order valence-electron chi connectivity index (χ2n) is 2.33. The summed E-state index contributed by atoms with van der Waals surface area (Å²) in [5, 5.41) is 0. The number of alkyl halides is 1. The van der Waals surface area contributed by atoms with E-state index >= 15 is 0 Å². The van der Waals surface area contributed by atoms with Crippen molar-refractivity contribution >= 4 is 11.6 Å². The smallest absolute Gasteiger partial charge is 0.0650 e. The second kappa shape index (κ2) is 7.10. The second-order valence-corrected chi connectivity index (χ2v) is 2.71. The Bertz CT molecular complexity index is 89.3. The van der Waals surface area contributed by atoms with E-state index in [4.69, 9.17) is 16.3 Å². The van der Waals surface area contributed by atoms with Crippen molar-refractivity contribution in [2.45, 2.75) is 26.4 Å². The van der Waals surface area contributed by atoms with Gasteiger partial charge in [-0.25, -0.2) is 0 Å². The predicted octanol–water partition coefficient (Wildman–Crippen LogP) is 2.60. The van der Waals surface area contributed by atoms with Crippen LogP contribution in [0.3, 0.4) is 0 Å². The van der Waals surface area contributed by atoms with E-state index in [2.05, 4.69) is 0 Å². The third-order valence-corrected chi connectivity index (χ3v) is 1.19. The summed E-state index contributed by atoms with van der Waals surface area (Å²) in [5.41, 5.74) is 0. The molecule has 0 saturated heterocycles. The molecule has 0 amide bonds. The lowest BCUT2D eigenvalue weighted by Crippen LogP contribution is -2.01. The van der Waals surface area contributed by atoms with Crippen LogP contribution in [0, 0.1) is 0 Å². The maximum atomic E-state index is 5.45.